The van der Waals surface area contributed by atoms with Gasteiger partial charge in [-0.05, 0) is 72.5 Å². The summed E-state index contributed by atoms with van der Waals surface area (Å²) in [6, 6.07) is 54.9. The summed E-state index contributed by atoms with van der Waals surface area (Å²) in [5.41, 5.74) is 11.5. The molecule has 5 nitrogen and oxygen atoms in total. The predicted octanol–water partition coefficient (Wildman–Crippen LogP) is 14.1. The number of thiophene rings is 1. The number of nitrogens with one attached hydrogen (secondary N) is 1. The molecule has 13 rings (SSSR count). The van der Waals surface area contributed by atoms with Gasteiger partial charge in [0.25, 0.3) is 0 Å². The lowest BCUT2D eigenvalue weighted by Gasteiger charge is -2.25. The molecule has 0 spiro atoms. The van der Waals surface area contributed by atoms with Crippen LogP contribution in [0.3, 0.4) is 0 Å². The number of aromatic nitrogens is 3. The van der Waals surface area contributed by atoms with Crippen LogP contribution in [0.5, 0.6) is 0 Å². The summed E-state index contributed by atoms with van der Waals surface area (Å²) in [5.74, 6) is 0.867. The molecule has 0 fully saturated rings. The van der Waals surface area contributed by atoms with E-state index in [2.05, 4.69) is 189 Å². The molecule has 1 N–H and O–H groups in total. The molecule has 1 aliphatic heterocycles. The minimum absolute atomic E-state index is 0.0980. The molecule has 2 aliphatic rings. The summed E-state index contributed by atoms with van der Waals surface area (Å²) in [7, 11) is 0. The molecule has 0 amide bonds. The second-order valence-corrected chi connectivity index (χ2v) is 17.1. The molecular formula is C55H37N5S. The number of benzene rings is 7. The maximum Gasteiger partial charge on any atom is 0.134 e. The molecule has 6 heteroatoms. The van der Waals surface area contributed by atoms with Gasteiger partial charge in [0.1, 0.15) is 5.84 Å². The minimum Gasteiger partial charge on any atom is -0.359 e. The average Bonchev–Trinajstić information content (AvgIpc) is 3.99. The third kappa shape index (κ3) is 5.25. The molecule has 0 bridgehead atoms. The first-order valence-corrected chi connectivity index (χ1v) is 21.8. The Kier molecular flexibility index (Phi) is 7.60. The number of para-hydroxylation sites is 1. The Balaban J connectivity index is 1.07. The lowest BCUT2D eigenvalue weighted by Crippen LogP contribution is -2.31. The molecule has 4 aromatic heterocycles. The van der Waals surface area contributed by atoms with E-state index in [1.54, 1.807) is 0 Å². The highest BCUT2D eigenvalue weighted by Gasteiger charge is 2.25. The first-order valence-electron chi connectivity index (χ1n) is 21.0. The van der Waals surface area contributed by atoms with Crippen LogP contribution in [0.15, 0.2) is 193 Å². The van der Waals surface area contributed by atoms with Crippen LogP contribution in [-0.2, 0) is 0 Å². The van der Waals surface area contributed by atoms with Crippen molar-refractivity contribution in [3.05, 3.63) is 205 Å². The summed E-state index contributed by atoms with van der Waals surface area (Å²) in [5, 5.41) is 13.9. The molecule has 11 aromatic rings. The van der Waals surface area contributed by atoms with Crippen molar-refractivity contribution in [1.82, 2.24) is 19.4 Å². The minimum atomic E-state index is -0.0980. The maximum atomic E-state index is 5.15. The van der Waals surface area contributed by atoms with Gasteiger partial charge in [0.2, 0.25) is 0 Å². The zero-order valence-electron chi connectivity index (χ0n) is 33.1. The lowest BCUT2D eigenvalue weighted by atomic mass is 9.98. The highest BCUT2D eigenvalue weighted by atomic mass is 32.1. The Morgan fingerprint density at radius 3 is 2.20 bits per heavy atom. The van der Waals surface area contributed by atoms with Crippen LogP contribution >= 0.6 is 11.3 Å². The molecule has 0 saturated heterocycles. The van der Waals surface area contributed by atoms with Gasteiger partial charge in [-0.25, -0.2) is 4.99 Å². The van der Waals surface area contributed by atoms with Crippen LogP contribution in [0, 0.1) is 0 Å². The summed E-state index contributed by atoms with van der Waals surface area (Å²) >= 11 is 1.92. The molecule has 1 aliphatic carbocycles. The first kappa shape index (κ1) is 34.3. The van der Waals surface area contributed by atoms with E-state index >= 15 is 0 Å². The smallest absolute Gasteiger partial charge is 0.134 e. The summed E-state index contributed by atoms with van der Waals surface area (Å²) in [4.78, 5) is 9.78. The number of nitrogens with zero attached hydrogens (tertiary/aromatic N) is 4. The van der Waals surface area contributed by atoms with E-state index in [0.29, 0.717) is 0 Å². The van der Waals surface area contributed by atoms with E-state index in [0.717, 1.165) is 41.2 Å². The van der Waals surface area contributed by atoms with Gasteiger partial charge in [-0.15, -0.1) is 11.3 Å². The largest absolute Gasteiger partial charge is 0.359 e. The average molecular weight is 800 g/mol. The summed E-state index contributed by atoms with van der Waals surface area (Å²) < 4.78 is 7.56. The van der Waals surface area contributed by atoms with Crippen molar-refractivity contribution in [2.75, 3.05) is 0 Å². The quantitative estimate of drug-likeness (QED) is 0.188. The number of allylic oxidation sites excluding steroid dienone is 4. The summed E-state index contributed by atoms with van der Waals surface area (Å²) in [6.07, 6.45) is 15.3. The summed E-state index contributed by atoms with van der Waals surface area (Å²) in [6.45, 7) is 0. The Morgan fingerprint density at radius 2 is 1.36 bits per heavy atom. The number of amidine groups is 1. The second-order valence-electron chi connectivity index (χ2n) is 16.1. The fourth-order valence-electron chi connectivity index (χ4n) is 9.92. The fourth-order valence-corrected chi connectivity index (χ4v) is 11.2. The van der Waals surface area contributed by atoms with Gasteiger partial charge in [-0.3, -0.25) is 4.98 Å². The van der Waals surface area contributed by atoms with Gasteiger partial charge < -0.3 is 14.5 Å². The van der Waals surface area contributed by atoms with Gasteiger partial charge in [0.05, 0.1) is 33.8 Å². The zero-order valence-corrected chi connectivity index (χ0v) is 33.9. The maximum absolute atomic E-state index is 5.15. The first-order chi connectivity index (χ1) is 30.3. The van der Waals surface area contributed by atoms with E-state index in [1.807, 2.05) is 29.8 Å². The van der Waals surface area contributed by atoms with Gasteiger partial charge in [0, 0.05) is 81.8 Å². The van der Waals surface area contributed by atoms with Gasteiger partial charge in [-0.1, -0.05) is 127 Å². The van der Waals surface area contributed by atoms with Crippen LogP contribution in [0.2, 0.25) is 0 Å². The van der Waals surface area contributed by atoms with E-state index in [1.165, 1.54) is 85.8 Å². The third-order valence-corrected chi connectivity index (χ3v) is 13.8. The molecular weight excluding hydrogens is 763 g/mol. The van der Waals surface area contributed by atoms with Gasteiger partial charge >= 0.3 is 0 Å². The number of hydrogen-bond donors (Lipinski definition) is 1. The highest BCUT2D eigenvalue weighted by molar-refractivity contribution is 7.27. The van der Waals surface area contributed by atoms with Crippen molar-refractivity contribution in [2.45, 2.75) is 18.9 Å². The van der Waals surface area contributed by atoms with Crippen LogP contribution in [0.25, 0.3) is 91.6 Å². The number of aliphatic imine (C=N–C) groups is 1. The van der Waals surface area contributed by atoms with Crippen molar-refractivity contribution in [3.8, 4) is 5.69 Å². The van der Waals surface area contributed by atoms with Gasteiger partial charge in [0.15, 0.2) is 0 Å². The lowest BCUT2D eigenvalue weighted by molar-refractivity contribution is 0.780. The van der Waals surface area contributed by atoms with Crippen molar-refractivity contribution in [3.63, 3.8) is 0 Å². The topological polar surface area (TPSA) is 47.1 Å². The van der Waals surface area contributed by atoms with Gasteiger partial charge in [-0.2, -0.15) is 0 Å². The van der Waals surface area contributed by atoms with E-state index in [4.69, 9.17) is 4.99 Å². The highest BCUT2D eigenvalue weighted by Crippen LogP contribution is 2.50. The second kappa shape index (κ2) is 13.5. The van der Waals surface area contributed by atoms with Crippen LogP contribution < -0.4 is 5.32 Å². The standard InChI is InChI=1S/C55H37N5S/c1-4-15-34(16-5-1)45-31-46(58-55(57-45)35-17-6-2-7-18-35)36-19-14-22-38(29-36)60-47-26-13-12-25-41(47)51-52-43-30-42-44-33-56-28-27-48(44)59(37-20-8-3-9-21-37)49(42)32-50(43)61-54(52)40-24-11-10-23-39(40)53(51)60/h1-2,4-8,10-33,46H,3,9H2,(H,57,58). The number of hydrogen-bond acceptors (Lipinski definition) is 4. The van der Waals surface area contributed by atoms with Crippen molar-refractivity contribution < 1.29 is 0 Å². The van der Waals surface area contributed by atoms with Crippen molar-refractivity contribution in [2.24, 2.45) is 4.99 Å². The molecule has 61 heavy (non-hydrogen) atoms. The van der Waals surface area contributed by atoms with Crippen molar-refractivity contribution >= 4 is 103 Å². The fraction of sp³-hybridized carbons (Fsp3) is 0.0545. The SMILES string of the molecule is C1=CC(n2c3ccncc3c3cc4c(cc32)sc2c3ccccc3c3c(c5ccccc5n3-c3cccc(C5C=C(c6ccccc6)N=C(c6ccccc6)N5)c3)c42)=CCC1. The van der Waals surface area contributed by atoms with E-state index in [-0.39, 0.29) is 6.04 Å². The number of rotatable bonds is 5. The molecule has 7 aromatic carbocycles. The predicted molar refractivity (Wildman–Crippen MR) is 258 cm³/mol. The Labute approximate surface area is 355 Å². The zero-order chi connectivity index (χ0) is 40.0. The molecule has 0 saturated carbocycles. The number of pyridine rings is 1. The third-order valence-electron chi connectivity index (χ3n) is 12.6. The van der Waals surface area contributed by atoms with Crippen LogP contribution in [0.1, 0.15) is 35.6 Å². The van der Waals surface area contributed by atoms with E-state index < -0.39 is 0 Å². The monoisotopic (exact) mass is 799 g/mol. The Hall–Kier alpha value is -7.54. The van der Waals surface area contributed by atoms with Crippen molar-refractivity contribution in [1.29, 1.82) is 0 Å². The van der Waals surface area contributed by atoms with Crippen LogP contribution in [0.4, 0.5) is 0 Å². The Bertz CT molecular complexity index is 3730. The normalized spacial score (nSPS) is 15.6. The molecule has 5 heterocycles. The Morgan fingerprint density at radius 1 is 0.590 bits per heavy atom. The van der Waals surface area contributed by atoms with Crippen LogP contribution in [-0.4, -0.2) is 20.0 Å². The van der Waals surface area contributed by atoms with E-state index in [9.17, 15) is 0 Å². The molecule has 0 radical (unpaired) electrons. The number of fused-ring (bicyclic) bond motifs is 13. The molecule has 288 valence electrons. The molecule has 1 atom stereocenters. The molecule has 1 unspecified atom stereocenters.